The number of hydrogen-bond donors (Lipinski definition) is 1. The predicted molar refractivity (Wildman–Crippen MR) is 133 cm³/mol. The van der Waals surface area contributed by atoms with E-state index in [4.69, 9.17) is 4.74 Å². The monoisotopic (exact) mass is 483 g/mol. The van der Waals surface area contributed by atoms with E-state index in [9.17, 15) is 14.4 Å². The number of hydrogen-bond acceptors (Lipinski definition) is 5. The van der Waals surface area contributed by atoms with Gasteiger partial charge in [0.05, 0.1) is 12.2 Å². The molecule has 3 atom stereocenters. The molecule has 3 aliphatic rings. The van der Waals surface area contributed by atoms with Gasteiger partial charge in [-0.1, -0.05) is 49.4 Å². The summed E-state index contributed by atoms with van der Waals surface area (Å²) in [6.45, 7) is 1.88. The molecule has 0 bridgehead atoms. The summed E-state index contributed by atoms with van der Waals surface area (Å²) in [5, 5.41) is 6.94. The summed E-state index contributed by atoms with van der Waals surface area (Å²) in [7, 11) is 0. The van der Waals surface area contributed by atoms with Crippen molar-refractivity contribution in [3.05, 3.63) is 77.5 Å². The van der Waals surface area contributed by atoms with Gasteiger partial charge in [0.15, 0.2) is 5.78 Å². The molecule has 1 aromatic heterocycles. The van der Waals surface area contributed by atoms with Crippen molar-refractivity contribution in [3.63, 3.8) is 0 Å². The molecule has 184 valence electrons. The van der Waals surface area contributed by atoms with Crippen molar-refractivity contribution in [2.24, 2.45) is 17.8 Å². The number of nitrogens with one attached hydrogen (secondary N) is 1. The number of carbonyl (C=O) groups is 3. The Morgan fingerprint density at radius 2 is 1.97 bits per heavy atom. The SMILES string of the molecule is C[C@@H](C1CC1)C(Cc1ccccc1)C(=O)CN1C(=O)OC2(CCc3ccc(-c4ccn[nH]4)cc32)C1=O. The molecule has 6 rings (SSSR count). The molecular formula is C29H29N3O4. The molecule has 2 amide bonds. The highest BCUT2D eigenvalue weighted by molar-refractivity contribution is 6.06. The predicted octanol–water partition coefficient (Wildman–Crippen LogP) is 4.67. The Balaban J connectivity index is 1.26. The van der Waals surface area contributed by atoms with Crippen LogP contribution < -0.4 is 0 Å². The first-order valence-electron chi connectivity index (χ1n) is 12.7. The number of Topliss-reactive ketones (excluding diaryl/α,β-unsaturated/α-hetero) is 1. The average molecular weight is 484 g/mol. The molecule has 1 saturated carbocycles. The van der Waals surface area contributed by atoms with E-state index in [1.165, 1.54) is 0 Å². The normalized spacial score (nSPS) is 22.5. The molecule has 2 fully saturated rings. The summed E-state index contributed by atoms with van der Waals surface area (Å²) in [5.74, 6) is -0.0359. The van der Waals surface area contributed by atoms with Crippen LogP contribution in [0.15, 0.2) is 60.8 Å². The number of ketones is 1. The van der Waals surface area contributed by atoms with Gasteiger partial charge in [-0.25, -0.2) is 9.69 Å². The van der Waals surface area contributed by atoms with E-state index in [1.54, 1.807) is 6.20 Å². The second kappa shape index (κ2) is 8.73. The lowest BCUT2D eigenvalue weighted by molar-refractivity contribution is -0.140. The number of benzene rings is 2. The fourth-order valence-corrected chi connectivity index (χ4v) is 5.90. The van der Waals surface area contributed by atoms with Crippen molar-refractivity contribution >= 4 is 17.8 Å². The Kier molecular flexibility index (Phi) is 5.51. The fraction of sp³-hybridized carbons (Fsp3) is 0.379. The number of nitrogens with zero attached hydrogens (tertiary/aromatic N) is 2. The first-order chi connectivity index (χ1) is 17.5. The van der Waals surface area contributed by atoms with E-state index >= 15 is 0 Å². The van der Waals surface area contributed by atoms with Crippen LogP contribution in [0.4, 0.5) is 4.79 Å². The summed E-state index contributed by atoms with van der Waals surface area (Å²) < 4.78 is 5.81. The van der Waals surface area contributed by atoms with Gasteiger partial charge in [-0.15, -0.1) is 0 Å². The van der Waals surface area contributed by atoms with Crippen molar-refractivity contribution in [3.8, 4) is 11.3 Å². The number of aromatic amines is 1. The van der Waals surface area contributed by atoms with E-state index < -0.39 is 17.6 Å². The number of fused-ring (bicyclic) bond motifs is 2. The molecule has 2 unspecified atom stereocenters. The molecule has 7 nitrogen and oxygen atoms in total. The third-order valence-corrected chi connectivity index (χ3v) is 8.20. The second-order valence-corrected chi connectivity index (χ2v) is 10.4. The zero-order valence-corrected chi connectivity index (χ0v) is 20.3. The van der Waals surface area contributed by atoms with Crippen LogP contribution in [0.5, 0.6) is 0 Å². The summed E-state index contributed by atoms with van der Waals surface area (Å²) in [6, 6.07) is 17.7. The maximum atomic E-state index is 13.7. The minimum Gasteiger partial charge on any atom is -0.427 e. The maximum Gasteiger partial charge on any atom is 0.418 e. The van der Waals surface area contributed by atoms with Crippen LogP contribution in [0.3, 0.4) is 0 Å². The van der Waals surface area contributed by atoms with Crippen LogP contribution in [-0.2, 0) is 32.8 Å². The van der Waals surface area contributed by atoms with E-state index in [2.05, 4.69) is 17.1 Å². The lowest BCUT2D eigenvalue weighted by Crippen LogP contribution is -2.42. The molecule has 3 aromatic rings. The molecule has 0 radical (unpaired) electrons. The van der Waals surface area contributed by atoms with Crippen LogP contribution in [0, 0.1) is 17.8 Å². The second-order valence-electron chi connectivity index (χ2n) is 10.4. The third kappa shape index (κ3) is 3.83. The number of aryl methyl sites for hydroxylation is 1. The van der Waals surface area contributed by atoms with Crippen LogP contribution in [-0.4, -0.2) is 39.4 Å². The number of amides is 2. The first-order valence-corrected chi connectivity index (χ1v) is 12.7. The lowest BCUT2D eigenvalue weighted by Gasteiger charge is -2.25. The van der Waals surface area contributed by atoms with Crippen molar-refractivity contribution in [1.29, 1.82) is 0 Å². The van der Waals surface area contributed by atoms with Gasteiger partial charge < -0.3 is 4.74 Å². The van der Waals surface area contributed by atoms with Crippen LogP contribution in [0.25, 0.3) is 11.3 Å². The van der Waals surface area contributed by atoms with Gasteiger partial charge in [0.1, 0.15) is 0 Å². The van der Waals surface area contributed by atoms with Gasteiger partial charge >= 0.3 is 6.09 Å². The van der Waals surface area contributed by atoms with Crippen molar-refractivity contribution in [2.45, 2.75) is 44.6 Å². The first kappa shape index (κ1) is 22.7. The van der Waals surface area contributed by atoms with E-state index in [0.29, 0.717) is 30.7 Å². The summed E-state index contributed by atoms with van der Waals surface area (Å²) in [6.07, 6.45) is 4.82. The highest BCUT2D eigenvalue weighted by atomic mass is 16.6. The lowest BCUT2D eigenvalue weighted by atomic mass is 9.81. The number of ether oxygens (including phenoxy) is 1. The quantitative estimate of drug-likeness (QED) is 0.503. The van der Waals surface area contributed by atoms with E-state index in [1.807, 2.05) is 54.6 Å². The Morgan fingerprint density at radius 1 is 1.17 bits per heavy atom. The molecule has 36 heavy (non-hydrogen) atoms. The number of aromatic nitrogens is 2. The topological polar surface area (TPSA) is 92.4 Å². The molecule has 1 saturated heterocycles. The number of rotatable bonds is 8. The smallest absolute Gasteiger partial charge is 0.418 e. The Hall–Kier alpha value is -3.74. The van der Waals surface area contributed by atoms with E-state index in [-0.39, 0.29) is 24.2 Å². The van der Waals surface area contributed by atoms with Gasteiger partial charge in [-0.3, -0.25) is 14.7 Å². The standard InChI is InChI=1S/C29H29N3O4/c1-18(20-7-8-20)23(15-19-5-3-2-4-6-19)26(33)17-32-27(34)29(36-28(32)35)13-11-21-9-10-22(16-24(21)29)25-12-14-30-31-25/h2-6,9-10,12,14,16,18,20,23H,7-8,11,13,15,17H2,1H3,(H,30,31)/t18-,23?,29?/m0/s1. The highest BCUT2D eigenvalue weighted by Crippen LogP contribution is 2.47. The largest absolute Gasteiger partial charge is 0.427 e. The van der Waals surface area contributed by atoms with Gasteiger partial charge in [-0.05, 0) is 66.3 Å². The van der Waals surface area contributed by atoms with Crippen molar-refractivity contribution in [2.75, 3.05) is 6.54 Å². The molecular weight excluding hydrogens is 454 g/mol. The minimum atomic E-state index is -1.36. The zero-order chi connectivity index (χ0) is 24.9. The minimum absolute atomic E-state index is 0.0787. The summed E-state index contributed by atoms with van der Waals surface area (Å²) in [4.78, 5) is 41.4. The van der Waals surface area contributed by atoms with Crippen LogP contribution in [0.2, 0.25) is 0 Å². The number of carbonyl (C=O) groups excluding carboxylic acids is 3. The average Bonchev–Trinajstić information content (AvgIpc) is 3.39. The van der Waals surface area contributed by atoms with E-state index in [0.717, 1.165) is 40.1 Å². The Morgan fingerprint density at radius 3 is 2.69 bits per heavy atom. The van der Waals surface area contributed by atoms with Crippen molar-refractivity contribution < 1.29 is 19.1 Å². The van der Waals surface area contributed by atoms with Gasteiger partial charge in [0, 0.05) is 24.1 Å². The summed E-state index contributed by atoms with van der Waals surface area (Å²) in [5.41, 5.74) is 3.10. The Bertz CT molecular complexity index is 1320. The molecule has 2 heterocycles. The van der Waals surface area contributed by atoms with Crippen LogP contribution >= 0.6 is 0 Å². The molecule has 1 spiro atoms. The molecule has 1 N–H and O–H groups in total. The van der Waals surface area contributed by atoms with Gasteiger partial charge in [-0.2, -0.15) is 5.10 Å². The third-order valence-electron chi connectivity index (χ3n) is 8.20. The number of H-pyrrole nitrogens is 1. The fourth-order valence-electron chi connectivity index (χ4n) is 5.90. The Labute approximate surface area is 209 Å². The molecule has 2 aromatic carbocycles. The number of imide groups is 1. The molecule has 2 aliphatic carbocycles. The zero-order valence-electron chi connectivity index (χ0n) is 20.3. The molecule has 7 heteroatoms. The summed E-state index contributed by atoms with van der Waals surface area (Å²) >= 11 is 0. The van der Waals surface area contributed by atoms with Gasteiger partial charge in [0.25, 0.3) is 5.91 Å². The van der Waals surface area contributed by atoms with Gasteiger partial charge in [0.2, 0.25) is 5.60 Å². The highest BCUT2D eigenvalue weighted by Gasteiger charge is 2.58. The molecule has 1 aliphatic heterocycles. The maximum absolute atomic E-state index is 13.7. The van der Waals surface area contributed by atoms with Crippen molar-refractivity contribution in [1.82, 2.24) is 15.1 Å². The van der Waals surface area contributed by atoms with Crippen LogP contribution in [0.1, 0.15) is 42.9 Å².